The van der Waals surface area contributed by atoms with Crippen LogP contribution < -0.4 is 0 Å². The zero-order valence-corrected chi connectivity index (χ0v) is 11.4. The van der Waals surface area contributed by atoms with E-state index < -0.39 is 11.8 Å². The zero-order valence-electron chi connectivity index (χ0n) is 10.6. The van der Waals surface area contributed by atoms with E-state index in [4.69, 9.17) is 5.11 Å². The summed E-state index contributed by atoms with van der Waals surface area (Å²) < 4.78 is 15.5. The number of halogens is 1. The van der Waals surface area contributed by atoms with E-state index in [-0.39, 0.29) is 5.56 Å². The van der Waals surface area contributed by atoms with Gasteiger partial charge in [0.25, 0.3) is 0 Å². The molecule has 1 aliphatic rings. The summed E-state index contributed by atoms with van der Waals surface area (Å²) in [5.41, 5.74) is 0.824. The van der Waals surface area contributed by atoms with Crippen molar-refractivity contribution >= 4 is 17.7 Å². The number of aromatic nitrogens is 2. The molecule has 1 saturated carbocycles. The second-order valence-electron chi connectivity index (χ2n) is 4.76. The summed E-state index contributed by atoms with van der Waals surface area (Å²) in [4.78, 5) is 15.8. The monoisotopic (exact) mass is 292 g/mol. The highest BCUT2D eigenvalue weighted by Gasteiger charge is 2.25. The van der Waals surface area contributed by atoms with E-state index in [9.17, 15) is 9.18 Å². The normalized spacial score (nSPS) is 14.4. The van der Waals surface area contributed by atoms with Crippen LogP contribution in [0.25, 0.3) is 0 Å². The van der Waals surface area contributed by atoms with Crippen LogP contribution in [-0.4, -0.2) is 20.6 Å². The number of benzene rings is 1. The Kier molecular flexibility index (Phi) is 3.48. The predicted octanol–water partition coefficient (Wildman–Crippen LogP) is 3.35. The van der Waals surface area contributed by atoms with Gasteiger partial charge in [0.05, 0.1) is 11.9 Å². The van der Waals surface area contributed by atoms with Crippen LogP contribution in [0.15, 0.2) is 35.6 Å². The lowest BCUT2D eigenvalue weighted by Gasteiger charge is -2.07. The fourth-order valence-corrected chi connectivity index (χ4v) is 2.94. The molecule has 1 aromatic heterocycles. The lowest BCUT2D eigenvalue weighted by molar-refractivity contribution is 0.0691. The standard InChI is InChI=1S/C14H13FN2O2S/c15-13-4-3-11(5-12(13)14(18)19)20-7-10-6-16-8-17(10)9-1-2-9/h3-6,8-9H,1-2,7H2,(H,18,19). The van der Waals surface area contributed by atoms with Gasteiger partial charge >= 0.3 is 5.97 Å². The Labute approximate surface area is 119 Å². The Bertz CT molecular complexity index is 652. The number of rotatable bonds is 5. The van der Waals surface area contributed by atoms with Crippen LogP contribution in [0.5, 0.6) is 0 Å². The Morgan fingerprint density at radius 1 is 1.50 bits per heavy atom. The van der Waals surface area contributed by atoms with Gasteiger partial charge in [0.1, 0.15) is 5.82 Å². The second kappa shape index (κ2) is 5.28. The van der Waals surface area contributed by atoms with Crippen molar-refractivity contribution in [1.82, 2.24) is 9.55 Å². The van der Waals surface area contributed by atoms with Crippen LogP contribution in [-0.2, 0) is 5.75 Å². The highest BCUT2D eigenvalue weighted by atomic mass is 32.2. The first-order chi connectivity index (χ1) is 9.65. The molecule has 20 heavy (non-hydrogen) atoms. The lowest BCUT2D eigenvalue weighted by atomic mass is 10.2. The maximum atomic E-state index is 13.3. The van der Waals surface area contributed by atoms with E-state index in [1.54, 1.807) is 6.07 Å². The molecule has 0 aliphatic heterocycles. The smallest absolute Gasteiger partial charge is 0.338 e. The van der Waals surface area contributed by atoms with Gasteiger partial charge in [-0.3, -0.25) is 0 Å². The molecule has 104 valence electrons. The molecule has 0 radical (unpaired) electrons. The molecule has 1 N–H and O–H groups in total. The molecule has 1 fully saturated rings. The molecule has 0 unspecified atom stereocenters. The molecule has 1 aromatic carbocycles. The third kappa shape index (κ3) is 2.70. The largest absolute Gasteiger partial charge is 0.478 e. The first-order valence-corrected chi connectivity index (χ1v) is 7.30. The Hall–Kier alpha value is -1.82. The molecular weight excluding hydrogens is 279 g/mol. The molecule has 0 saturated heterocycles. The van der Waals surface area contributed by atoms with Gasteiger partial charge in [-0.15, -0.1) is 11.8 Å². The van der Waals surface area contributed by atoms with E-state index >= 15 is 0 Å². The summed E-state index contributed by atoms with van der Waals surface area (Å²) in [6.07, 6.45) is 6.04. The molecule has 0 amide bonds. The SMILES string of the molecule is O=C(O)c1cc(SCc2cncn2C2CC2)ccc1F. The topological polar surface area (TPSA) is 55.1 Å². The Balaban J connectivity index is 1.73. The van der Waals surface area contributed by atoms with Crippen molar-refractivity contribution in [3.63, 3.8) is 0 Å². The number of hydrogen-bond acceptors (Lipinski definition) is 3. The van der Waals surface area contributed by atoms with Gasteiger partial charge in [-0.2, -0.15) is 0 Å². The molecule has 2 aromatic rings. The quantitative estimate of drug-likeness (QED) is 0.859. The number of carbonyl (C=O) groups is 1. The molecule has 4 nitrogen and oxygen atoms in total. The Morgan fingerprint density at radius 2 is 2.30 bits per heavy atom. The summed E-state index contributed by atoms with van der Waals surface area (Å²) >= 11 is 1.49. The number of aromatic carboxylic acids is 1. The number of carboxylic acids is 1. The van der Waals surface area contributed by atoms with E-state index in [1.165, 1.54) is 36.7 Å². The van der Waals surface area contributed by atoms with E-state index in [0.717, 1.165) is 10.6 Å². The van der Waals surface area contributed by atoms with Gasteiger partial charge in [0, 0.05) is 28.6 Å². The molecule has 1 aliphatic carbocycles. The minimum absolute atomic E-state index is 0.286. The second-order valence-corrected chi connectivity index (χ2v) is 5.81. The third-order valence-electron chi connectivity index (χ3n) is 3.24. The van der Waals surface area contributed by atoms with Crippen LogP contribution in [0.3, 0.4) is 0 Å². The lowest BCUT2D eigenvalue weighted by Crippen LogP contribution is -2.00. The highest BCUT2D eigenvalue weighted by molar-refractivity contribution is 7.98. The first kappa shape index (κ1) is 13.2. The van der Waals surface area contributed by atoms with Crippen molar-refractivity contribution < 1.29 is 14.3 Å². The minimum Gasteiger partial charge on any atom is -0.478 e. The molecule has 3 rings (SSSR count). The number of thioether (sulfide) groups is 1. The van der Waals surface area contributed by atoms with Gasteiger partial charge < -0.3 is 9.67 Å². The molecule has 1 heterocycles. The van der Waals surface area contributed by atoms with Gasteiger partial charge in [-0.05, 0) is 31.0 Å². The highest BCUT2D eigenvalue weighted by Crippen LogP contribution is 2.37. The Morgan fingerprint density at radius 3 is 3.00 bits per heavy atom. The predicted molar refractivity (Wildman–Crippen MR) is 73.4 cm³/mol. The van der Waals surface area contributed by atoms with Crippen LogP contribution in [0, 0.1) is 5.82 Å². The molecule has 0 bridgehead atoms. The van der Waals surface area contributed by atoms with Gasteiger partial charge in [0.2, 0.25) is 0 Å². The average Bonchev–Trinajstić information content (AvgIpc) is 3.16. The molecule has 0 atom stereocenters. The van der Waals surface area contributed by atoms with E-state index in [0.29, 0.717) is 11.8 Å². The maximum Gasteiger partial charge on any atom is 0.338 e. The van der Waals surface area contributed by atoms with Crippen molar-refractivity contribution in [3.8, 4) is 0 Å². The molecule has 6 heteroatoms. The average molecular weight is 292 g/mol. The van der Waals surface area contributed by atoms with Crippen LogP contribution in [0.4, 0.5) is 4.39 Å². The fraction of sp³-hybridized carbons (Fsp3) is 0.286. The fourth-order valence-electron chi connectivity index (χ4n) is 2.04. The summed E-state index contributed by atoms with van der Waals surface area (Å²) in [6.45, 7) is 0. The molecule has 0 spiro atoms. The van der Waals surface area contributed by atoms with Crippen molar-refractivity contribution in [1.29, 1.82) is 0 Å². The number of hydrogen-bond donors (Lipinski definition) is 1. The van der Waals surface area contributed by atoms with E-state index in [2.05, 4.69) is 9.55 Å². The van der Waals surface area contributed by atoms with Crippen molar-refractivity contribution in [2.45, 2.75) is 29.5 Å². The van der Waals surface area contributed by atoms with E-state index in [1.807, 2.05) is 12.5 Å². The zero-order chi connectivity index (χ0) is 14.1. The summed E-state index contributed by atoms with van der Waals surface area (Å²) in [5, 5.41) is 8.90. The summed E-state index contributed by atoms with van der Waals surface area (Å²) in [7, 11) is 0. The number of carboxylic acid groups (broad SMARTS) is 1. The van der Waals surface area contributed by atoms with Crippen molar-refractivity contribution in [2.75, 3.05) is 0 Å². The minimum atomic E-state index is -1.24. The summed E-state index contributed by atoms with van der Waals surface area (Å²) in [5.74, 6) is -1.25. The first-order valence-electron chi connectivity index (χ1n) is 6.31. The molecular formula is C14H13FN2O2S. The third-order valence-corrected chi connectivity index (χ3v) is 4.27. The van der Waals surface area contributed by atoms with Gasteiger partial charge in [0.15, 0.2) is 0 Å². The number of nitrogens with zero attached hydrogens (tertiary/aromatic N) is 2. The van der Waals surface area contributed by atoms with Crippen LogP contribution in [0.1, 0.15) is 34.9 Å². The summed E-state index contributed by atoms with van der Waals surface area (Å²) in [6, 6.07) is 4.74. The van der Waals surface area contributed by atoms with Gasteiger partial charge in [-0.25, -0.2) is 14.2 Å². The number of imidazole rings is 1. The van der Waals surface area contributed by atoms with Crippen LogP contribution >= 0.6 is 11.8 Å². The van der Waals surface area contributed by atoms with Crippen molar-refractivity contribution in [2.24, 2.45) is 0 Å². The van der Waals surface area contributed by atoms with Crippen LogP contribution in [0.2, 0.25) is 0 Å². The van der Waals surface area contributed by atoms with Crippen molar-refractivity contribution in [3.05, 3.63) is 47.8 Å². The van der Waals surface area contributed by atoms with Gasteiger partial charge in [-0.1, -0.05) is 0 Å². The maximum absolute atomic E-state index is 13.3.